The van der Waals surface area contributed by atoms with Gasteiger partial charge >= 0.3 is 5.69 Å². The number of hydrogen-bond acceptors (Lipinski definition) is 3. The summed E-state index contributed by atoms with van der Waals surface area (Å²) < 4.78 is 14.8. The number of nitrogens with one attached hydrogen (secondary N) is 2. The highest BCUT2D eigenvalue weighted by molar-refractivity contribution is 5.77. The van der Waals surface area contributed by atoms with Crippen LogP contribution in [0.1, 0.15) is 12.8 Å². The van der Waals surface area contributed by atoms with Crippen molar-refractivity contribution in [2.75, 3.05) is 6.54 Å². The van der Waals surface area contributed by atoms with Crippen LogP contribution in [0.25, 0.3) is 10.9 Å². The molecule has 0 saturated carbocycles. The molecule has 2 N–H and O–H groups in total. The highest BCUT2D eigenvalue weighted by atomic mass is 19.1. The van der Waals surface area contributed by atoms with Gasteiger partial charge in [0.1, 0.15) is 5.82 Å². The normalized spacial score (nSPS) is 19.1. The lowest BCUT2D eigenvalue weighted by molar-refractivity contribution is 0.486. The van der Waals surface area contributed by atoms with Gasteiger partial charge in [-0.05, 0) is 31.5 Å². The molecule has 19 heavy (non-hydrogen) atoms. The molecule has 6 heteroatoms. The molecule has 0 aliphatic carbocycles. The highest BCUT2D eigenvalue weighted by Crippen LogP contribution is 2.10. The summed E-state index contributed by atoms with van der Waals surface area (Å²) in [5.41, 5.74) is -0.812. The van der Waals surface area contributed by atoms with Gasteiger partial charge < -0.3 is 10.3 Å². The minimum Gasteiger partial charge on any atom is -0.312 e. The summed E-state index contributed by atoms with van der Waals surface area (Å²) in [5.74, 6) is -0.605. The number of fused-ring (bicyclic) bond motifs is 1. The van der Waals surface area contributed by atoms with Gasteiger partial charge in [0.15, 0.2) is 0 Å². The number of aromatic nitrogens is 2. The number of nitrogens with zero attached hydrogens (tertiary/aromatic N) is 1. The van der Waals surface area contributed by atoms with Gasteiger partial charge in [0, 0.05) is 12.6 Å². The van der Waals surface area contributed by atoms with Crippen molar-refractivity contribution in [2.24, 2.45) is 0 Å². The van der Waals surface area contributed by atoms with E-state index >= 15 is 0 Å². The number of benzene rings is 1. The number of aromatic amines is 1. The summed E-state index contributed by atoms with van der Waals surface area (Å²) >= 11 is 0. The van der Waals surface area contributed by atoms with Crippen LogP contribution in [-0.2, 0) is 6.54 Å². The Kier molecular flexibility index (Phi) is 2.94. The first-order valence-corrected chi connectivity index (χ1v) is 6.31. The van der Waals surface area contributed by atoms with Crippen LogP contribution in [-0.4, -0.2) is 22.1 Å². The second-order valence-electron chi connectivity index (χ2n) is 4.80. The second-order valence-corrected chi connectivity index (χ2v) is 4.80. The molecule has 2 heterocycles. The molecule has 1 aliphatic rings. The minimum atomic E-state index is -0.605. The van der Waals surface area contributed by atoms with Crippen molar-refractivity contribution in [1.82, 2.24) is 14.9 Å². The SMILES string of the molecule is O=c1[nH]c2cccc(F)c2c(=O)n1CC1CCCN1. The molecule has 2 aromatic rings. The standard InChI is InChI=1S/C13H14FN3O2/c14-9-4-1-5-10-11(9)12(18)17(13(19)16-10)7-8-3-2-6-15-8/h1,4-5,8,15H,2-3,6-7H2,(H,16,19). The first-order valence-electron chi connectivity index (χ1n) is 6.31. The lowest BCUT2D eigenvalue weighted by atomic mass is 10.2. The van der Waals surface area contributed by atoms with E-state index in [4.69, 9.17) is 0 Å². The Morgan fingerprint density at radius 2 is 2.21 bits per heavy atom. The molecule has 0 bridgehead atoms. The maximum atomic E-state index is 13.7. The Morgan fingerprint density at radius 1 is 1.37 bits per heavy atom. The smallest absolute Gasteiger partial charge is 0.312 e. The molecule has 1 saturated heterocycles. The van der Waals surface area contributed by atoms with Crippen LogP contribution >= 0.6 is 0 Å². The average Bonchev–Trinajstić information content (AvgIpc) is 2.87. The van der Waals surface area contributed by atoms with Gasteiger partial charge in [0.05, 0.1) is 10.9 Å². The third kappa shape index (κ3) is 2.08. The fourth-order valence-corrected chi connectivity index (χ4v) is 2.55. The van der Waals surface area contributed by atoms with E-state index in [9.17, 15) is 14.0 Å². The monoisotopic (exact) mass is 263 g/mol. The molecule has 1 aromatic carbocycles. The van der Waals surface area contributed by atoms with Crippen LogP contribution in [0.2, 0.25) is 0 Å². The zero-order valence-electron chi connectivity index (χ0n) is 10.3. The summed E-state index contributed by atoms with van der Waals surface area (Å²) in [6, 6.07) is 4.32. The van der Waals surface area contributed by atoms with Gasteiger partial charge in [-0.25, -0.2) is 9.18 Å². The third-order valence-electron chi connectivity index (χ3n) is 3.52. The van der Waals surface area contributed by atoms with Gasteiger partial charge in [-0.2, -0.15) is 0 Å². The van der Waals surface area contributed by atoms with Crippen LogP contribution in [0, 0.1) is 5.82 Å². The topological polar surface area (TPSA) is 66.9 Å². The molecular formula is C13H14FN3O2. The van der Waals surface area contributed by atoms with Gasteiger partial charge in [0.25, 0.3) is 5.56 Å². The third-order valence-corrected chi connectivity index (χ3v) is 3.52. The van der Waals surface area contributed by atoms with Crippen LogP contribution in [0.3, 0.4) is 0 Å². The highest BCUT2D eigenvalue weighted by Gasteiger charge is 2.18. The van der Waals surface area contributed by atoms with Crippen molar-refractivity contribution in [3.8, 4) is 0 Å². The number of H-pyrrole nitrogens is 1. The molecule has 3 rings (SSSR count). The Morgan fingerprint density at radius 3 is 2.95 bits per heavy atom. The lowest BCUT2D eigenvalue weighted by Gasteiger charge is -2.12. The molecule has 0 spiro atoms. The quantitative estimate of drug-likeness (QED) is 0.833. The molecule has 1 unspecified atom stereocenters. The van der Waals surface area contributed by atoms with Crippen molar-refractivity contribution in [3.63, 3.8) is 0 Å². The summed E-state index contributed by atoms with van der Waals surface area (Å²) in [7, 11) is 0. The second kappa shape index (κ2) is 4.62. The molecule has 1 aliphatic heterocycles. The van der Waals surface area contributed by atoms with Crippen LogP contribution in [0.15, 0.2) is 27.8 Å². The number of hydrogen-bond donors (Lipinski definition) is 2. The van der Waals surface area contributed by atoms with Crippen molar-refractivity contribution in [3.05, 3.63) is 44.9 Å². The van der Waals surface area contributed by atoms with E-state index in [2.05, 4.69) is 10.3 Å². The van der Waals surface area contributed by atoms with E-state index in [1.54, 1.807) is 0 Å². The largest absolute Gasteiger partial charge is 0.328 e. The maximum Gasteiger partial charge on any atom is 0.328 e. The summed E-state index contributed by atoms with van der Waals surface area (Å²) in [4.78, 5) is 26.7. The van der Waals surface area contributed by atoms with Crippen molar-refractivity contribution < 1.29 is 4.39 Å². The molecule has 5 nitrogen and oxygen atoms in total. The van der Waals surface area contributed by atoms with Crippen LogP contribution in [0.5, 0.6) is 0 Å². The van der Waals surface area contributed by atoms with E-state index in [1.807, 2.05) is 0 Å². The fraction of sp³-hybridized carbons (Fsp3) is 0.385. The van der Waals surface area contributed by atoms with Crippen molar-refractivity contribution in [2.45, 2.75) is 25.4 Å². The van der Waals surface area contributed by atoms with E-state index in [1.165, 1.54) is 18.2 Å². The molecule has 1 aromatic heterocycles. The van der Waals surface area contributed by atoms with E-state index in [0.717, 1.165) is 24.0 Å². The predicted molar refractivity (Wildman–Crippen MR) is 69.8 cm³/mol. The lowest BCUT2D eigenvalue weighted by Crippen LogP contribution is -2.41. The Hall–Kier alpha value is -1.95. The van der Waals surface area contributed by atoms with Crippen LogP contribution in [0.4, 0.5) is 4.39 Å². The first-order chi connectivity index (χ1) is 9.16. The predicted octanol–water partition coefficient (Wildman–Crippen LogP) is 0.581. The van der Waals surface area contributed by atoms with Crippen LogP contribution < -0.4 is 16.6 Å². The summed E-state index contributed by atoms with van der Waals surface area (Å²) in [6.07, 6.45) is 1.94. The summed E-state index contributed by atoms with van der Waals surface area (Å²) in [6.45, 7) is 1.16. The first kappa shape index (κ1) is 12.1. The van der Waals surface area contributed by atoms with E-state index in [-0.39, 0.29) is 23.5 Å². The van der Waals surface area contributed by atoms with Gasteiger partial charge in [-0.3, -0.25) is 9.36 Å². The Labute approximate surface area is 108 Å². The Balaban J connectivity index is 2.16. The fourth-order valence-electron chi connectivity index (χ4n) is 2.55. The minimum absolute atomic E-state index is 0.0555. The number of halogens is 1. The Bertz CT molecular complexity index is 729. The zero-order valence-corrected chi connectivity index (χ0v) is 10.3. The van der Waals surface area contributed by atoms with Crippen molar-refractivity contribution >= 4 is 10.9 Å². The molecule has 0 amide bonds. The maximum absolute atomic E-state index is 13.7. The number of rotatable bonds is 2. The molecule has 100 valence electrons. The summed E-state index contributed by atoms with van der Waals surface area (Å²) in [5, 5.41) is 3.16. The van der Waals surface area contributed by atoms with E-state index < -0.39 is 17.1 Å². The van der Waals surface area contributed by atoms with Gasteiger partial charge in [0.2, 0.25) is 0 Å². The van der Waals surface area contributed by atoms with E-state index in [0.29, 0.717) is 0 Å². The zero-order chi connectivity index (χ0) is 13.4. The molecular weight excluding hydrogens is 249 g/mol. The van der Waals surface area contributed by atoms with Gasteiger partial charge in [-0.15, -0.1) is 0 Å². The van der Waals surface area contributed by atoms with Crippen molar-refractivity contribution in [1.29, 1.82) is 0 Å². The van der Waals surface area contributed by atoms with Gasteiger partial charge in [-0.1, -0.05) is 6.07 Å². The molecule has 1 fully saturated rings. The average molecular weight is 263 g/mol. The molecule has 0 radical (unpaired) electrons. The molecule has 1 atom stereocenters.